The number of alkyl halides is 2. The number of methoxy groups -OCH3 is 1. The molecule has 118 valence electrons. The monoisotopic (exact) mass is 322 g/mol. The van der Waals surface area contributed by atoms with Crippen molar-refractivity contribution in [3.8, 4) is 0 Å². The molecule has 0 heterocycles. The Kier molecular flexibility index (Phi) is 6.03. The summed E-state index contributed by atoms with van der Waals surface area (Å²) in [5.74, 6) is -3.51. The fraction of sp³-hybridized carbons (Fsp3) is 0.417. The zero-order valence-corrected chi connectivity index (χ0v) is 12.3. The van der Waals surface area contributed by atoms with Crippen molar-refractivity contribution in [3.63, 3.8) is 0 Å². The highest BCUT2D eigenvalue weighted by Gasteiger charge is 2.26. The van der Waals surface area contributed by atoms with E-state index < -0.39 is 26.5 Å². The second kappa shape index (κ2) is 7.32. The van der Waals surface area contributed by atoms with Crippen LogP contribution in [0.25, 0.3) is 0 Å². The van der Waals surface area contributed by atoms with Crippen LogP contribution < -0.4 is 10.6 Å². The summed E-state index contributed by atoms with van der Waals surface area (Å²) in [7, 11) is -3.21. The Labute approximate surface area is 121 Å². The fourth-order valence-electron chi connectivity index (χ4n) is 1.54. The lowest BCUT2D eigenvalue weighted by atomic mass is 10.3. The lowest BCUT2D eigenvalue weighted by molar-refractivity contribution is 0.173. The minimum absolute atomic E-state index is 0.0961. The van der Waals surface area contributed by atoms with Gasteiger partial charge in [-0.2, -0.15) is 8.78 Å². The quantitative estimate of drug-likeness (QED) is 0.837. The van der Waals surface area contributed by atoms with Crippen molar-refractivity contribution >= 4 is 21.6 Å². The van der Waals surface area contributed by atoms with Crippen molar-refractivity contribution in [2.24, 2.45) is 0 Å². The third kappa shape index (κ3) is 4.94. The summed E-state index contributed by atoms with van der Waals surface area (Å²) in [4.78, 5) is 11.1. The second-order valence-electron chi connectivity index (χ2n) is 4.29. The van der Waals surface area contributed by atoms with Gasteiger partial charge in [-0.3, -0.25) is 0 Å². The molecule has 1 atom stereocenters. The van der Waals surface area contributed by atoms with Gasteiger partial charge >= 0.3 is 11.8 Å². The zero-order valence-electron chi connectivity index (χ0n) is 11.5. The molecular weight excluding hydrogens is 306 g/mol. The molecule has 0 saturated heterocycles. The number of hydrogen-bond acceptors (Lipinski definition) is 4. The first-order valence-corrected chi connectivity index (χ1v) is 7.50. The number of benzene rings is 1. The average molecular weight is 322 g/mol. The Morgan fingerprint density at radius 3 is 2.62 bits per heavy atom. The Balaban J connectivity index is 2.80. The number of halogens is 2. The third-order valence-corrected chi connectivity index (χ3v) is 3.83. The van der Waals surface area contributed by atoms with Crippen LogP contribution >= 0.6 is 0 Å². The summed E-state index contributed by atoms with van der Waals surface area (Å²) in [6, 6.07) is 3.82. The van der Waals surface area contributed by atoms with Gasteiger partial charge in [-0.05, 0) is 25.1 Å². The van der Waals surface area contributed by atoms with Crippen molar-refractivity contribution in [2.75, 3.05) is 19.0 Å². The van der Waals surface area contributed by atoms with Gasteiger partial charge < -0.3 is 15.4 Å². The molecule has 0 saturated carbocycles. The molecule has 0 aliphatic heterocycles. The van der Waals surface area contributed by atoms with Gasteiger partial charge in [0.05, 0.1) is 17.5 Å². The van der Waals surface area contributed by atoms with E-state index in [0.717, 1.165) is 12.1 Å². The van der Waals surface area contributed by atoms with E-state index >= 15 is 0 Å². The summed E-state index contributed by atoms with van der Waals surface area (Å²) >= 11 is 0. The molecular formula is C12H16F2N2O4S. The molecule has 9 heteroatoms. The summed E-state index contributed by atoms with van der Waals surface area (Å²) in [6.45, 7) is 2.01. The molecule has 1 aromatic rings. The Hall–Kier alpha value is -1.74. The Bertz CT molecular complexity index is 593. The van der Waals surface area contributed by atoms with E-state index in [0.29, 0.717) is 6.61 Å². The van der Waals surface area contributed by atoms with Crippen molar-refractivity contribution in [2.45, 2.75) is 23.6 Å². The molecule has 2 amide bonds. The first-order chi connectivity index (χ1) is 9.77. The molecule has 0 fully saturated rings. The van der Waals surface area contributed by atoms with Crippen LogP contribution in [0.5, 0.6) is 0 Å². The number of amides is 2. The highest BCUT2D eigenvalue weighted by atomic mass is 32.2. The summed E-state index contributed by atoms with van der Waals surface area (Å²) in [6.07, 6.45) is 0. The van der Waals surface area contributed by atoms with Crippen molar-refractivity contribution in [1.29, 1.82) is 0 Å². The molecule has 1 aromatic carbocycles. The number of ether oxygens (including phenoxy) is 1. The van der Waals surface area contributed by atoms with Crippen LogP contribution in [0.3, 0.4) is 0 Å². The largest absolute Gasteiger partial charge is 0.383 e. The highest BCUT2D eigenvalue weighted by molar-refractivity contribution is 7.91. The van der Waals surface area contributed by atoms with E-state index in [9.17, 15) is 22.0 Å². The minimum Gasteiger partial charge on any atom is -0.383 e. The van der Waals surface area contributed by atoms with E-state index in [1.165, 1.54) is 19.2 Å². The molecule has 0 aliphatic carbocycles. The van der Waals surface area contributed by atoms with Crippen LogP contribution in [0.2, 0.25) is 0 Å². The molecule has 6 nitrogen and oxygen atoms in total. The first-order valence-electron chi connectivity index (χ1n) is 5.96. The normalized spacial score (nSPS) is 13.0. The van der Waals surface area contributed by atoms with Crippen molar-refractivity contribution in [3.05, 3.63) is 24.3 Å². The second-order valence-corrected chi connectivity index (χ2v) is 6.21. The third-order valence-electron chi connectivity index (χ3n) is 2.45. The van der Waals surface area contributed by atoms with Gasteiger partial charge in [-0.1, -0.05) is 6.07 Å². The van der Waals surface area contributed by atoms with Gasteiger partial charge in [0, 0.05) is 12.8 Å². The zero-order chi connectivity index (χ0) is 16.0. The molecule has 21 heavy (non-hydrogen) atoms. The number of carbonyl (C=O) groups excluding carboxylic acids is 1. The Morgan fingerprint density at radius 1 is 1.38 bits per heavy atom. The molecule has 0 aliphatic rings. The van der Waals surface area contributed by atoms with E-state index in [1.807, 2.05) is 0 Å². The highest BCUT2D eigenvalue weighted by Crippen LogP contribution is 2.21. The average Bonchev–Trinajstić information content (AvgIpc) is 2.38. The number of nitrogens with one attached hydrogen (secondary N) is 2. The SMILES string of the molecule is COCC(C)NC(=O)Nc1cccc(S(=O)(=O)C(F)F)c1. The van der Waals surface area contributed by atoms with Gasteiger partial charge in [-0.25, -0.2) is 13.2 Å². The molecule has 1 unspecified atom stereocenters. The first kappa shape index (κ1) is 17.3. The number of rotatable bonds is 6. The predicted octanol–water partition coefficient (Wildman–Crippen LogP) is 1.84. The lowest BCUT2D eigenvalue weighted by Crippen LogP contribution is -2.38. The number of anilines is 1. The van der Waals surface area contributed by atoms with Crippen LogP contribution in [0.4, 0.5) is 19.3 Å². The maximum atomic E-state index is 12.4. The molecule has 0 spiro atoms. The van der Waals surface area contributed by atoms with Crippen LogP contribution in [0, 0.1) is 0 Å². The Morgan fingerprint density at radius 2 is 2.05 bits per heavy atom. The number of carbonyl (C=O) groups is 1. The fourth-order valence-corrected chi connectivity index (χ4v) is 2.30. The summed E-state index contributed by atoms with van der Waals surface area (Å²) in [5, 5.41) is 4.91. The van der Waals surface area contributed by atoms with Crippen LogP contribution in [-0.4, -0.2) is 40.0 Å². The number of sulfone groups is 1. The number of hydrogen-bond donors (Lipinski definition) is 2. The minimum atomic E-state index is -4.69. The van der Waals surface area contributed by atoms with Crippen LogP contribution in [0.15, 0.2) is 29.2 Å². The van der Waals surface area contributed by atoms with E-state index in [1.54, 1.807) is 6.92 Å². The molecule has 0 aromatic heterocycles. The summed E-state index contributed by atoms with van der Waals surface area (Å²) in [5.41, 5.74) is 0.0961. The van der Waals surface area contributed by atoms with Gasteiger partial charge in [0.2, 0.25) is 9.84 Å². The molecule has 1 rings (SSSR count). The van der Waals surface area contributed by atoms with E-state index in [4.69, 9.17) is 4.74 Å². The maximum absolute atomic E-state index is 12.4. The lowest BCUT2D eigenvalue weighted by Gasteiger charge is -2.14. The maximum Gasteiger partial charge on any atom is 0.341 e. The van der Waals surface area contributed by atoms with E-state index in [2.05, 4.69) is 10.6 Å². The van der Waals surface area contributed by atoms with Crippen LogP contribution in [-0.2, 0) is 14.6 Å². The van der Waals surface area contributed by atoms with Gasteiger partial charge in [0.1, 0.15) is 0 Å². The molecule has 0 bridgehead atoms. The van der Waals surface area contributed by atoms with Gasteiger partial charge in [-0.15, -0.1) is 0 Å². The van der Waals surface area contributed by atoms with Gasteiger partial charge in [0.25, 0.3) is 0 Å². The smallest absolute Gasteiger partial charge is 0.341 e. The van der Waals surface area contributed by atoms with Crippen molar-refractivity contribution in [1.82, 2.24) is 5.32 Å². The number of urea groups is 1. The molecule has 2 N–H and O–H groups in total. The van der Waals surface area contributed by atoms with E-state index in [-0.39, 0.29) is 11.7 Å². The van der Waals surface area contributed by atoms with Crippen LogP contribution in [0.1, 0.15) is 6.92 Å². The van der Waals surface area contributed by atoms with Crippen molar-refractivity contribution < 1.29 is 26.7 Å². The summed E-state index contributed by atoms with van der Waals surface area (Å²) < 4.78 is 52.4. The topological polar surface area (TPSA) is 84.5 Å². The predicted molar refractivity (Wildman–Crippen MR) is 73.1 cm³/mol. The standard InChI is InChI=1S/C12H16F2N2O4S/c1-8(7-20-2)15-12(17)16-9-4-3-5-10(6-9)21(18,19)11(13)14/h3-6,8,11H,7H2,1-2H3,(H2,15,16,17). The molecule has 0 radical (unpaired) electrons. The van der Waals surface area contributed by atoms with Gasteiger partial charge in [0.15, 0.2) is 0 Å².